The molecule has 0 aliphatic rings. The molecule has 72 heavy (non-hydrogen) atoms. The number of carbonyl (C=O) groups is 3. The maximum Gasteiger partial charge on any atom is 0.306 e. The lowest BCUT2D eigenvalue weighted by Crippen LogP contribution is -2.30. The smallest absolute Gasteiger partial charge is 0.306 e. The molecule has 0 radical (unpaired) electrons. The lowest BCUT2D eigenvalue weighted by atomic mass is 10.0. The van der Waals surface area contributed by atoms with Crippen molar-refractivity contribution in [1.29, 1.82) is 0 Å². The Labute approximate surface area is 445 Å². The van der Waals surface area contributed by atoms with Crippen molar-refractivity contribution in [2.45, 2.75) is 303 Å². The van der Waals surface area contributed by atoms with Gasteiger partial charge in [0.15, 0.2) is 6.10 Å². The third-order valence-electron chi connectivity index (χ3n) is 13.1. The summed E-state index contributed by atoms with van der Waals surface area (Å²) in [6.07, 6.45) is 79.2. The molecule has 0 aromatic rings. The van der Waals surface area contributed by atoms with E-state index < -0.39 is 6.10 Å². The second kappa shape index (κ2) is 60.1. The molecule has 0 fully saturated rings. The highest BCUT2D eigenvalue weighted by Gasteiger charge is 2.19. The fourth-order valence-electron chi connectivity index (χ4n) is 8.56. The van der Waals surface area contributed by atoms with Crippen LogP contribution in [-0.2, 0) is 28.6 Å². The zero-order valence-electron chi connectivity index (χ0n) is 47.4. The molecule has 0 saturated heterocycles. The number of rotatable bonds is 55. The Morgan fingerprint density at radius 3 is 0.861 bits per heavy atom. The third kappa shape index (κ3) is 57.5. The first-order chi connectivity index (χ1) is 35.5. The number of carbonyl (C=O) groups excluding carboxylic acids is 3. The summed E-state index contributed by atoms with van der Waals surface area (Å²) in [5, 5.41) is 0. The molecule has 0 N–H and O–H groups in total. The molecule has 0 saturated carbocycles. The number of unbranched alkanes of at least 4 members (excludes halogenated alkanes) is 30. The molecule has 0 heterocycles. The number of hydrogen-bond acceptors (Lipinski definition) is 6. The lowest BCUT2D eigenvalue weighted by Gasteiger charge is -2.18. The minimum Gasteiger partial charge on any atom is -0.462 e. The second-order valence-corrected chi connectivity index (χ2v) is 20.2. The van der Waals surface area contributed by atoms with E-state index in [0.717, 1.165) is 109 Å². The van der Waals surface area contributed by atoms with E-state index in [9.17, 15) is 14.4 Å². The summed E-state index contributed by atoms with van der Waals surface area (Å²) in [7, 11) is 0. The van der Waals surface area contributed by atoms with E-state index in [1.165, 1.54) is 148 Å². The molecule has 1 atom stereocenters. The molecule has 0 aliphatic heterocycles. The zero-order chi connectivity index (χ0) is 52.2. The first-order valence-corrected chi connectivity index (χ1v) is 30.6. The van der Waals surface area contributed by atoms with E-state index in [4.69, 9.17) is 14.2 Å². The predicted molar refractivity (Wildman–Crippen MR) is 311 cm³/mol. The van der Waals surface area contributed by atoms with E-state index in [-0.39, 0.29) is 31.1 Å². The molecule has 6 nitrogen and oxygen atoms in total. The molecule has 414 valence electrons. The first kappa shape index (κ1) is 68.6. The molecule has 0 spiro atoms. The van der Waals surface area contributed by atoms with Crippen LogP contribution in [0.25, 0.3) is 0 Å². The van der Waals surface area contributed by atoms with Gasteiger partial charge in [-0.3, -0.25) is 14.4 Å². The SMILES string of the molecule is CC/C=C\C/C=C\C/C=C\C/C=C\C/C=C\CCCCCCCCCCCCCCCCCC(=O)OCC(COC(=O)CCCCCCC)OC(=O)CCCCCCCCC/C=C\C/C=C\CCCCCC. The van der Waals surface area contributed by atoms with Gasteiger partial charge in [0.05, 0.1) is 0 Å². The largest absolute Gasteiger partial charge is 0.462 e. The van der Waals surface area contributed by atoms with Crippen molar-refractivity contribution >= 4 is 17.9 Å². The maximum absolute atomic E-state index is 12.8. The summed E-state index contributed by atoms with van der Waals surface area (Å²) >= 11 is 0. The van der Waals surface area contributed by atoms with Gasteiger partial charge in [0, 0.05) is 19.3 Å². The van der Waals surface area contributed by atoms with Crippen LogP contribution in [0.15, 0.2) is 85.1 Å². The molecule has 6 heteroatoms. The van der Waals surface area contributed by atoms with Crippen LogP contribution in [0.1, 0.15) is 297 Å². The van der Waals surface area contributed by atoms with Gasteiger partial charge in [-0.05, 0) is 96.3 Å². The molecule has 1 unspecified atom stereocenters. The average Bonchev–Trinajstić information content (AvgIpc) is 3.38. The van der Waals surface area contributed by atoms with Gasteiger partial charge in [0.2, 0.25) is 0 Å². The highest BCUT2D eigenvalue weighted by molar-refractivity contribution is 5.71. The van der Waals surface area contributed by atoms with E-state index in [1.54, 1.807) is 0 Å². The van der Waals surface area contributed by atoms with Gasteiger partial charge >= 0.3 is 17.9 Å². The Kier molecular flexibility index (Phi) is 57.3. The van der Waals surface area contributed by atoms with E-state index >= 15 is 0 Å². The lowest BCUT2D eigenvalue weighted by molar-refractivity contribution is -0.167. The van der Waals surface area contributed by atoms with Gasteiger partial charge in [0.1, 0.15) is 13.2 Å². The summed E-state index contributed by atoms with van der Waals surface area (Å²) in [6.45, 7) is 6.44. The average molecular weight is 1000 g/mol. The topological polar surface area (TPSA) is 78.9 Å². The third-order valence-corrected chi connectivity index (χ3v) is 13.1. The zero-order valence-corrected chi connectivity index (χ0v) is 47.4. The van der Waals surface area contributed by atoms with Gasteiger partial charge in [-0.2, -0.15) is 0 Å². The number of allylic oxidation sites excluding steroid dienone is 14. The monoisotopic (exact) mass is 1000 g/mol. The van der Waals surface area contributed by atoms with Crippen LogP contribution in [0.3, 0.4) is 0 Å². The van der Waals surface area contributed by atoms with Crippen molar-refractivity contribution < 1.29 is 28.6 Å². The summed E-state index contributed by atoms with van der Waals surface area (Å²) in [5.41, 5.74) is 0. The van der Waals surface area contributed by atoms with E-state index in [2.05, 4.69) is 106 Å². The van der Waals surface area contributed by atoms with Crippen molar-refractivity contribution in [1.82, 2.24) is 0 Å². The molecule has 0 aromatic heterocycles. The molecule has 0 aromatic carbocycles. The van der Waals surface area contributed by atoms with Gasteiger partial charge < -0.3 is 14.2 Å². The summed E-state index contributed by atoms with van der Waals surface area (Å²) in [5.74, 6) is -0.891. The Morgan fingerprint density at radius 2 is 0.542 bits per heavy atom. The number of ether oxygens (including phenoxy) is 3. The molecule has 0 bridgehead atoms. The Morgan fingerprint density at radius 1 is 0.292 bits per heavy atom. The predicted octanol–water partition coefficient (Wildman–Crippen LogP) is 20.7. The molecule has 0 amide bonds. The molecule has 0 aliphatic carbocycles. The Hall–Kier alpha value is -3.41. The minimum absolute atomic E-state index is 0.0776. The van der Waals surface area contributed by atoms with Crippen molar-refractivity contribution in [2.75, 3.05) is 13.2 Å². The second-order valence-electron chi connectivity index (χ2n) is 20.2. The van der Waals surface area contributed by atoms with Crippen LogP contribution in [0.2, 0.25) is 0 Å². The van der Waals surface area contributed by atoms with E-state index in [1.807, 2.05) is 0 Å². The van der Waals surface area contributed by atoms with Gasteiger partial charge in [-0.1, -0.05) is 266 Å². The standard InChI is InChI=1S/C66H114O6/c1-4-7-10-13-15-17-19-21-23-25-27-28-29-30-31-32-33-34-35-36-37-38-39-41-42-44-46-48-50-53-56-59-65(68)71-62-63(61-70-64(67)58-55-52-12-9-6-3)72-66(69)60-57-54-51-49-47-45-43-40-26-24-22-20-18-16-14-11-8-5-2/h7,10,15,17-18,20-21,23-24,26-28,30-31,63H,4-6,8-9,11-14,16,19,22,25,29,32-62H2,1-3H3/b10-7-,17-15-,20-18-,23-21-,26-24-,28-27-,31-30-. The Bertz CT molecular complexity index is 1380. The van der Waals surface area contributed by atoms with Gasteiger partial charge in [0.25, 0.3) is 0 Å². The summed E-state index contributed by atoms with van der Waals surface area (Å²) in [6, 6.07) is 0. The van der Waals surface area contributed by atoms with Gasteiger partial charge in [-0.25, -0.2) is 0 Å². The van der Waals surface area contributed by atoms with Crippen LogP contribution in [-0.4, -0.2) is 37.2 Å². The number of hydrogen-bond donors (Lipinski definition) is 0. The van der Waals surface area contributed by atoms with Crippen molar-refractivity contribution in [3.8, 4) is 0 Å². The fraction of sp³-hybridized carbons (Fsp3) is 0.742. The quantitative estimate of drug-likeness (QED) is 0.0261. The fourth-order valence-corrected chi connectivity index (χ4v) is 8.56. The molecular weight excluding hydrogens is 889 g/mol. The van der Waals surface area contributed by atoms with Gasteiger partial charge in [-0.15, -0.1) is 0 Å². The molecular formula is C66H114O6. The summed E-state index contributed by atoms with van der Waals surface area (Å²) < 4.78 is 16.7. The molecule has 0 rings (SSSR count). The van der Waals surface area contributed by atoms with Crippen LogP contribution < -0.4 is 0 Å². The van der Waals surface area contributed by atoms with Crippen molar-refractivity contribution in [2.24, 2.45) is 0 Å². The highest BCUT2D eigenvalue weighted by atomic mass is 16.6. The number of esters is 3. The van der Waals surface area contributed by atoms with Crippen molar-refractivity contribution in [3.63, 3.8) is 0 Å². The Balaban J connectivity index is 4.01. The maximum atomic E-state index is 12.8. The first-order valence-electron chi connectivity index (χ1n) is 30.6. The van der Waals surface area contributed by atoms with Crippen LogP contribution in [0, 0.1) is 0 Å². The van der Waals surface area contributed by atoms with Crippen LogP contribution >= 0.6 is 0 Å². The summed E-state index contributed by atoms with van der Waals surface area (Å²) in [4.78, 5) is 37.8. The highest BCUT2D eigenvalue weighted by Crippen LogP contribution is 2.16. The normalized spacial score (nSPS) is 12.7. The van der Waals surface area contributed by atoms with Crippen molar-refractivity contribution in [3.05, 3.63) is 85.1 Å². The van der Waals surface area contributed by atoms with Crippen LogP contribution in [0.4, 0.5) is 0 Å². The minimum atomic E-state index is -0.776. The van der Waals surface area contributed by atoms with Crippen LogP contribution in [0.5, 0.6) is 0 Å². The van der Waals surface area contributed by atoms with E-state index in [0.29, 0.717) is 19.3 Å².